The first-order valence-electron chi connectivity index (χ1n) is 5.70. The van der Waals surface area contributed by atoms with E-state index >= 15 is 0 Å². The number of benzene rings is 1. The molecule has 0 aliphatic rings. The molecule has 1 aromatic rings. The lowest BCUT2D eigenvalue weighted by molar-refractivity contribution is 0.552. The topological polar surface area (TPSA) is 70.0 Å². The highest BCUT2D eigenvalue weighted by molar-refractivity contribution is 7.89. The minimum Gasteiger partial charge on any atom is -0.207 e. The third-order valence-corrected chi connectivity index (χ3v) is 4.11. The van der Waals surface area contributed by atoms with E-state index in [0.29, 0.717) is 0 Å². The average Bonchev–Trinajstić information content (AvgIpc) is 2.27. The number of nitrogens with zero attached hydrogens (tertiary/aromatic N) is 1. The fourth-order valence-corrected chi connectivity index (χ4v) is 3.21. The number of rotatable bonds is 3. The smallest absolute Gasteiger partial charge is 0.207 e. The molecule has 0 amide bonds. The third-order valence-electron chi connectivity index (χ3n) is 2.51. The molecule has 0 unspecified atom stereocenters. The highest BCUT2D eigenvalue weighted by Gasteiger charge is 2.26. The second-order valence-corrected chi connectivity index (χ2v) is 6.90. The van der Waals surface area contributed by atoms with Crippen molar-refractivity contribution in [3.63, 3.8) is 0 Å². The number of nitrogens with one attached hydrogen (secondary N) is 1. The van der Waals surface area contributed by atoms with Gasteiger partial charge < -0.3 is 0 Å². The molecule has 0 bridgehead atoms. The predicted octanol–water partition coefficient (Wildman–Crippen LogP) is 2.17. The van der Waals surface area contributed by atoms with Crippen LogP contribution in [-0.4, -0.2) is 14.5 Å². The van der Waals surface area contributed by atoms with Crippen LogP contribution < -0.4 is 4.72 Å². The fourth-order valence-electron chi connectivity index (χ4n) is 1.64. The summed E-state index contributed by atoms with van der Waals surface area (Å²) in [7, 11) is -3.66. The summed E-state index contributed by atoms with van der Waals surface area (Å²) in [4.78, 5) is 0.236. The molecule has 1 rings (SSSR count). The third kappa shape index (κ3) is 3.31. The van der Waals surface area contributed by atoms with Gasteiger partial charge in [-0.2, -0.15) is 9.98 Å². The molecule has 1 N–H and O–H groups in total. The van der Waals surface area contributed by atoms with Crippen LogP contribution in [0.1, 0.15) is 33.3 Å². The maximum absolute atomic E-state index is 12.2. The zero-order valence-electron chi connectivity index (χ0n) is 11.1. The molecule has 0 saturated heterocycles. The molecule has 0 spiro atoms. The van der Waals surface area contributed by atoms with Gasteiger partial charge in [0.15, 0.2) is 0 Å². The van der Waals surface area contributed by atoms with Crippen LogP contribution in [0, 0.1) is 11.3 Å². The Morgan fingerprint density at radius 3 is 2.33 bits per heavy atom. The number of hydrogen-bond acceptors (Lipinski definition) is 3. The standard InChI is InChI=1S/C13H18N2O2S/c1-10(9-14)15-18(16,17)12-8-6-5-7-11(12)13(2,3)4/h5-8,10,15H,1-4H3/t10-/m0/s1. The second kappa shape index (κ2) is 5.09. The van der Waals surface area contributed by atoms with Gasteiger partial charge in [0.05, 0.1) is 11.0 Å². The zero-order chi connectivity index (χ0) is 14.0. The summed E-state index contributed by atoms with van der Waals surface area (Å²) in [6.07, 6.45) is 0. The van der Waals surface area contributed by atoms with Crippen molar-refractivity contribution in [1.29, 1.82) is 5.26 Å². The molecule has 0 aliphatic heterocycles. The average molecular weight is 266 g/mol. The van der Waals surface area contributed by atoms with E-state index in [2.05, 4.69) is 4.72 Å². The summed E-state index contributed by atoms with van der Waals surface area (Å²) in [5.74, 6) is 0. The summed E-state index contributed by atoms with van der Waals surface area (Å²) in [5, 5.41) is 8.70. The molecule has 0 aliphatic carbocycles. The van der Waals surface area contributed by atoms with Gasteiger partial charge in [-0.25, -0.2) is 8.42 Å². The molecule has 98 valence electrons. The predicted molar refractivity (Wildman–Crippen MR) is 70.5 cm³/mol. The van der Waals surface area contributed by atoms with Crippen LogP contribution in [0.3, 0.4) is 0 Å². The Balaban J connectivity index is 3.31. The van der Waals surface area contributed by atoms with Crippen molar-refractivity contribution in [2.45, 2.75) is 44.0 Å². The summed E-state index contributed by atoms with van der Waals surface area (Å²) < 4.78 is 26.8. The lowest BCUT2D eigenvalue weighted by Gasteiger charge is -2.23. The van der Waals surface area contributed by atoms with Gasteiger partial charge >= 0.3 is 0 Å². The van der Waals surface area contributed by atoms with Crippen molar-refractivity contribution in [1.82, 2.24) is 4.72 Å². The molecule has 5 heteroatoms. The Kier molecular flexibility index (Phi) is 4.15. The van der Waals surface area contributed by atoms with E-state index in [9.17, 15) is 8.42 Å². The molecule has 18 heavy (non-hydrogen) atoms. The van der Waals surface area contributed by atoms with Crippen molar-refractivity contribution in [2.24, 2.45) is 0 Å². The van der Waals surface area contributed by atoms with Crippen LogP contribution in [0.4, 0.5) is 0 Å². The van der Waals surface area contributed by atoms with Crippen molar-refractivity contribution in [2.75, 3.05) is 0 Å². The van der Waals surface area contributed by atoms with Crippen LogP contribution in [0.2, 0.25) is 0 Å². The Labute approximate surface area is 109 Å². The number of hydrogen-bond donors (Lipinski definition) is 1. The fraction of sp³-hybridized carbons (Fsp3) is 0.462. The maximum atomic E-state index is 12.2. The van der Waals surface area contributed by atoms with Crippen LogP contribution in [0.25, 0.3) is 0 Å². The largest absolute Gasteiger partial charge is 0.242 e. The minimum absolute atomic E-state index is 0.236. The van der Waals surface area contributed by atoms with Crippen molar-refractivity contribution in [3.8, 4) is 6.07 Å². The quantitative estimate of drug-likeness (QED) is 0.911. The van der Waals surface area contributed by atoms with Gasteiger partial charge in [-0.1, -0.05) is 39.0 Å². The summed E-state index contributed by atoms with van der Waals surface area (Å²) in [5.41, 5.74) is 0.462. The van der Waals surface area contributed by atoms with Gasteiger partial charge in [-0.3, -0.25) is 0 Å². The Morgan fingerprint density at radius 2 is 1.83 bits per heavy atom. The molecule has 0 fully saturated rings. The van der Waals surface area contributed by atoms with Gasteiger partial charge in [-0.15, -0.1) is 0 Å². The first-order valence-corrected chi connectivity index (χ1v) is 7.18. The molecule has 0 aromatic heterocycles. The van der Waals surface area contributed by atoms with Gasteiger partial charge in [0.25, 0.3) is 0 Å². The van der Waals surface area contributed by atoms with Gasteiger partial charge in [0.2, 0.25) is 10.0 Å². The first kappa shape index (κ1) is 14.7. The normalized spacial score (nSPS) is 13.9. The first-order chi connectivity index (χ1) is 8.18. The van der Waals surface area contributed by atoms with Crippen LogP contribution in [0.5, 0.6) is 0 Å². The zero-order valence-corrected chi connectivity index (χ0v) is 11.9. The van der Waals surface area contributed by atoms with E-state index in [1.165, 1.54) is 6.92 Å². The van der Waals surface area contributed by atoms with E-state index < -0.39 is 16.1 Å². The highest BCUT2D eigenvalue weighted by atomic mass is 32.2. The van der Waals surface area contributed by atoms with E-state index in [4.69, 9.17) is 5.26 Å². The van der Waals surface area contributed by atoms with Crippen LogP contribution in [-0.2, 0) is 15.4 Å². The van der Waals surface area contributed by atoms with Gasteiger partial charge in [0, 0.05) is 0 Å². The molecule has 1 atom stereocenters. The van der Waals surface area contributed by atoms with E-state index in [1.807, 2.05) is 32.9 Å². The van der Waals surface area contributed by atoms with Crippen LogP contribution >= 0.6 is 0 Å². The molecule has 1 aromatic carbocycles. The molecule has 0 saturated carbocycles. The van der Waals surface area contributed by atoms with Crippen molar-refractivity contribution < 1.29 is 8.42 Å². The Bertz CT molecular complexity index is 565. The number of nitriles is 1. The molecule has 4 nitrogen and oxygen atoms in total. The molecular weight excluding hydrogens is 248 g/mol. The monoisotopic (exact) mass is 266 g/mol. The lowest BCUT2D eigenvalue weighted by Crippen LogP contribution is -2.33. The Morgan fingerprint density at radius 1 is 1.28 bits per heavy atom. The van der Waals surface area contributed by atoms with Gasteiger partial charge in [0.1, 0.15) is 6.04 Å². The van der Waals surface area contributed by atoms with Crippen LogP contribution in [0.15, 0.2) is 29.2 Å². The molecule has 0 heterocycles. The van der Waals surface area contributed by atoms with E-state index in [-0.39, 0.29) is 10.3 Å². The SMILES string of the molecule is C[C@@H](C#N)NS(=O)(=O)c1ccccc1C(C)(C)C. The Hall–Kier alpha value is -1.38. The summed E-state index contributed by atoms with van der Waals surface area (Å²) in [6.45, 7) is 7.37. The maximum Gasteiger partial charge on any atom is 0.242 e. The highest BCUT2D eigenvalue weighted by Crippen LogP contribution is 2.28. The minimum atomic E-state index is -3.66. The van der Waals surface area contributed by atoms with Crippen molar-refractivity contribution >= 4 is 10.0 Å². The lowest BCUT2D eigenvalue weighted by atomic mass is 9.87. The summed E-state index contributed by atoms with van der Waals surface area (Å²) >= 11 is 0. The molecular formula is C13H18N2O2S. The number of sulfonamides is 1. The summed E-state index contributed by atoms with van der Waals surface area (Å²) in [6, 6.07) is 7.97. The van der Waals surface area contributed by atoms with E-state index in [0.717, 1.165) is 5.56 Å². The second-order valence-electron chi connectivity index (χ2n) is 5.22. The van der Waals surface area contributed by atoms with E-state index in [1.54, 1.807) is 18.2 Å². The van der Waals surface area contributed by atoms with Gasteiger partial charge in [-0.05, 0) is 24.0 Å². The van der Waals surface area contributed by atoms with Crippen molar-refractivity contribution in [3.05, 3.63) is 29.8 Å². The molecule has 0 radical (unpaired) electrons.